The van der Waals surface area contributed by atoms with Crippen LogP contribution in [-0.4, -0.2) is 9.38 Å². The minimum absolute atomic E-state index is 0.583. The second-order valence-electron chi connectivity index (χ2n) is 4.94. The van der Waals surface area contributed by atoms with Crippen molar-refractivity contribution >= 4 is 5.52 Å². The number of fused-ring (bicyclic) bond motifs is 1. The molecule has 1 aliphatic rings. The van der Waals surface area contributed by atoms with Crippen LogP contribution in [0.3, 0.4) is 0 Å². The van der Waals surface area contributed by atoms with Gasteiger partial charge in [-0.15, -0.1) is 0 Å². The van der Waals surface area contributed by atoms with Gasteiger partial charge < -0.3 is 10.1 Å². The van der Waals surface area contributed by atoms with Crippen LogP contribution in [-0.2, 0) is 6.54 Å². The lowest BCUT2D eigenvalue weighted by atomic mass is 9.89. The molecule has 2 N–H and O–H groups in total. The van der Waals surface area contributed by atoms with Gasteiger partial charge in [0.15, 0.2) is 0 Å². The van der Waals surface area contributed by atoms with Gasteiger partial charge in [-0.25, -0.2) is 4.98 Å². The van der Waals surface area contributed by atoms with E-state index in [0.717, 1.165) is 0 Å². The summed E-state index contributed by atoms with van der Waals surface area (Å²) in [6.07, 6.45) is 10.7. The largest absolute Gasteiger partial charge is 0.326 e. The highest BCUT2D eigenvalue weighted by atomic mass is 15.0. The molecule has 17 heavy (non-hydrogen) atoms. The molecule has 0 unspecified atom stereocenters. The van der Waals surface area contributed by atoms with Gasteiger partial charge in [0.05, 0.1) is 11.7 Å². The van der Waals surface area contributed by atoms with Crippen LogP contribution in [0.1, 0.15) is 49.4 Å². The predicted molar refractivity (Wildman–Crippen MR) is 68.9 cm³/mol. The van der Waals surface area contributed by atoms with Crippen molar-refractivity contribution < 1.29 is 0 Å². The quantitative estimate of drug-likeness (QED) is 0.860. The molecule has 0 aromatic carbocycles. The first-order valence-electron chi connectivity index (χ1n) is 6.55. The second-order valence-corrected chi connectivity index (χ2v) is 4.94. The number of pyridine rings is 1. The molecule has 2 aromatic heterocycles. The maximum atomic E-state index is 5.76. The first-order chi connectivity index (χ1) is 8.40. The Morgan fingerprint density at radius 2 is 2.12 bits per heavy atom. The molecule has 3 nitrogen and oxygen atoms in total. The molecule has 1 aliphatic carbocycles. The summed E-state index contributed by atoms with van der Waals surface area (Å²) in [5.74, 6) is 1.87. The normalized spacial score (nSPS) is 17.7. The van der Waals surface area contributed by atoms with Gasteiger partial charge >= 0.3 is 0 Å². The van der Waals surface area contributed by atoms with Crippen LogP contribution in [0.15, 0.2) is 24.5 Å². The highest BCUT2D eigenvalue weighted by Crippen LogP contribution is 2.32. The van der Waals surface area contributed by atoms with E-state index in [9.17, 15) is 0 Å². The zero-order valence-electron chi connectivity index (χ0n) is 10.1. The number of hydrogen-bond donors (Lipinski definition) is 1. The SMILES string of the molecule is NCc1cccn2c(C3CCCCC3)ncc12. The molecule has 0 spiro atoms. The summed E-state index contributed by atoms with van der Waals surface area (Å²) in [5, 5.41) is 0. The Bertz CT molecular complexity index is 509. The Labute approximate surface area is 102 Å². The van der Waals surface area contributed by atoms with Crippen molar-refractivity contribution in [3.63, 3.8) is 0 Å². The van der Waals surface area contributed by atoms with Crippen molar-refractivity contribution in [3.05, 3.63) is 35.9 Å². The fourth-order valence-corrected chi connectivity index (χ4v) is 2.94. The molecule has 0 radical (unpaired) electrons. The third-order valence-electron chi connectivity index (χ3n) is 3.88. The van der Waals surface area contributed by atoms with Crippen molar-refractivity contribution in [3.8, 4) is 0 Å². The van der Waals surface area contributed by atoms with Crippen molar-refractivity contribution in [1.82, 2.24) is 9.38 Å². The maximum Gasteiger partial charge on any atom is 0.116 e. The lowest BCUT2D eigenvalue weighted by Crippen LogP contribution is -2.09. The van der Waals surface area contributed by atoms with E-state index < -0.39 is 0 Å². The minimum atomic E-state index is 0.583. The van der Waals surface area contributed by atoms with Gasteiger partial charge in [-0.05, 0) is 24.5 Å². The minimum Gasteiger partial charge on any atom is -0.326 e. The third kappa shape index (κ3) is 1.84. The van der Waals surface area contributed by atoms with Crippen LogP contribution in [0, 0.1) is 0 Å². The van der Waals surface area contributed by atoms with Gasteiger partial charge in [0.25, 0.3) is 0 Å². The number of aromatic nitrogens is 2. The Balaban J connectivity index is 2.05. The molecule has 3 heteroatoms. The van der Waals surface area contributed by atoms with E-state index in [0.29, 0.717) is 12.5 Å². The second kappa shape index (κ2) is 4.49. The Morgan fingerprint density at radius 1 is 1.29 bits per heavy atom. The number of nitrogens with zero attached hydrogens (tertiary/aromatic N) is 2. The van der Waals surface area contributed by atoms with Gasteiger partial charge in [-0.3, -0.25) is 0 Å². The number of hydrogen-bond acceptors (Lipinski definition) is 2. The number of nitrogens with two attached hydrogens (primary N) is 1. The van der Waals surface area contributed by atoms with E-state index in [1.807, 2.05) is 6.20 Å². The van der Waals surface area contributed by atoms with Crippen LogP contribution >= 0.6 is 0 Å². The van der Waals surface area contributed by atoms with Gasteiger partial charge in [0.1, 0.15) is 5.82 Å². The summed E-state index contributed by atoms with van der Waals surface area (Å²) in [5.41, 5.74) is 8.12. The highest BCUT2D eigenvalue weighted by Gasteiger charge is 2.20. The average Bonchev–Trinajstić information content (AvgIpc) is 2.83. The standard InChI is InChI=1S/C14H19N3/c15-9-12-7-4-8-17-13(12)10-16-14(17)11-5-2-1-3-6-11/h4,7-8,10-11H,1-3,5-6,9,15H2. The van der Waals surface area contributed by atoms with Crippen LogP contribution < -0.4 is 5.73 Å². The molecule has 0 saturated heterocycles. The molecular weight excluding hydrogens is 210 g/mol. The molecule has 90 valence electrons. The molecule has 0 atom stereocenters. The van der Waals surface area contributed by atoms with Crippen molar-refractivity contribution in [2.24, 2.45) is 5.73 Å². The first-order valence-corrected chi connectivity index (χ1v) is 6.55. The van der Waals surface area contributed by atoms with E-state index in [4.69, 9.17) is 5.73 Å². The van der Waals surface area contributed by atoms with Gasteiger partial charge in [-0.1, -0.05) is 25.3 Å². The topological polar surface area (TPSA) is 43.3 Å². The summed E-state index contributed by atoms with van der Waals surface area (Å²) in [7, 11) is 0. The van der Waals surface area contributed by atoms with Gasteiger partial charge in [-0.2, -0.15) is 0 Å². The van der Waals surface area contributed by atoms with Gasteiger partial charge in [0.2, 0.25) is 0 Å². The molecular formula is C14H19N3. The van der Waals surface area contributed by atoms with E-state index in [1.54, 1.807) is 0 Å². The summed E-state index contributed by atoms with van der Waals surface area (Å²) < 4.78 is 2.23. The fourth-order valence-electron chi connectivity index (χ4n) is 2.94. The molecule has 1 saturated carbocycles. The zero-order valence-corrected chi connectivity index (χ0v) is 10.1. The summed E-state index contributed by atoms with van der Waals surface area (Å²) in [6, 6.07) is 4.16. The predicted octanol–water partition coefficient (Wildman–Crippen LogP) is 2.84. The summed E-state index contributed by atoms with van der Waals surface area (Å²) >= 11 is 0. The molecule has 0 amide bonds. The molecule has 2 heterocycles. The monoisotopic (exact) mass is 229 g/mol. The molecule has 0 bridgehead atoms. The highest BCUT2D eigenvalue weighted by molar-refractivity contribution is 5.54. The zero-order chi connectivity index (χ0) is 11.7. The molecule has 0 aliphatic heterocycles. The van der Waals surface area contributed by atoms with Crippen LogP contribution in [0.25, 0.3) is 5.52 Å². The van der Waals surface area contributed by atoms with Crippen LogP contribution in [0.4, 0.5) is 0 Å². The number of imidazole rings is 1. The lowest BCUT2D eigenvalue weighted by Gasteiger charge is -2.20. The van der Waals surface area contributed by atoms with Crippen molar-refractivity contribution in [2.45, 2.75) is 44.6 Å². The van der Waals surface area contributed by atoms with Gasteiger partial charge in [0, 0.05) is 18.7 Å². The Morgan fingerprint density at radius 3 is 2.88 bits per heavy atom. The number of rotatable bonds is 2. The van der Waals surface area contributed by atoms with E-state index in [1.165, 1.54) is 49.0 Å². The summed E-state index contributed by atoms with van der Waals surface area (Å²) in [6.45, 7) is 0.583. The van der Waals surface area contributed by atoms with Crippen LogP contribution in [0.2, 0.25) is 0 Å². The summed E-state index contributed by atoms with van der Waals surface area (Å²) in [4.78, 5) is 4.64. The van der Waals surface area contributed by atoms with Crippen molar-refractivity contribution in [1.29, 1.82) is 0 Å². The van der Waals surface area contributed by atoms with E-state index in [-0.39, 0.29) is 0 Å². The van der Waals surface area contributed by atoms with Crippen molar-refractivity contribution in [2.75, 3.05) is 0 Å². The molecule has 1 fully saturated rings. The first kappa shape index (κ1) is 10.8. The van der Waals surface area contributed by atoms with E-state index in [2.05, 4.69) is 27.7 Å². The molecule has 3 rings (SSSR count). The smallest absolute Gasteiger partial charge is 0.116 e. The maximum absolute atomic E-state index is 5.76. The Hall–Kier alpha value is -1.35. The third-order valence-corrected chi connectivity index (χ3v) is 3.88. The lowest BCUT2D eigenvalue weighted by molar-refractivity contribution is 0.428. The van der Waals surface area contributed by atoms with Crippen LogP contribution in [0.5, 0.6) is 0 Å². The Kier molecular flexibility index (Phi) is 2.85. The fraction of sp³-hybridized carbons (Fsp3) is 0.500. The van der Waals surface area contributed by atoms with E-state index >= 15 is 0 Å². The molecule has 2 aromatic rings. The average molecular weight is 229 g/mol.